The van der Waals surface area contributed by atoms with Gasteiger partial charge in [-0.25, -0.2) is 4.79 Å². The molecule has 0 saturated carbocycles. The van der Waals surface area contributed by atoms with Gasteiger partial charge < -0.3 is 19.9 Å². The predicted octanol–water partition coefficient (Wildman–Crippen LogP) is 5.25. The van der Waals surface area contributed by atoms with E-state index >= 15 is 0 Å². The second kappa shape index (κ2) is 9.97. The molecule has 4 rings (SSSR count). The smallest absolute Gasteiger partial charge is 0.343 e. The number of benzene rings is 3. The summed E-state index contributed by atoms with van der Waals surface area (Å²) < 4.78 is 16.7. The first-order valence-electron chi connectivity index (χ1n) is 10.9. The lowest BCUT2D eigenvalue weighted by molar-refractivity contribution is 0.0734. The van der Waals surface area contributed by atoms with Gasteiger partial charge in [0.05, 0.1) is 11.5 Å². The van der Waals surface area contributed by atoms with Crippen LogP contribution in [0, 0.1) is 11.3 Å². The second-order valence-corrected chi connectivity index (χ2v) is 7.73. The average Bonchev–Trinajstić information content (AvgIpc) is 2.87. The van der Waals surface area contributed by atoms with Crippen LogP contribution in [-0.2, 0) is 6.42 Å². The minimum Gasteiger partial charge on any atom is -0.490 e. The van der Waals surface area contributed by atoms with Crippen LogP contribution in [0.1, 0.15) is 39.9 Å². The number of nitrogens with two attached hydrogens (primary N) is 1. The maximum Gasteiger partial charge on any atom is 0.343 e. The Labute approximate surface area is 198 Å². The maximum atomic E-state index is 12.6. The molecule has 1 atom stereocenters. The number of carbonyl (C=O) groups is 1. The molecule has 1 heterocycles. The molecular formula is C28H24N2O4. The first kappa shape index (κ1) is 22.7. The van der Waals surface area contributed by atoms with Crippen molar-refractivity contribution in [3.05, 3.63) is 113 Å². The monoisotopic (exact) mass is 452 g/mol. The third-order valence-corrected chi connectivity index (χ3v) is 5.58. The fraction of sp³-hybridized carbons (Fsp3) is 0.143. The minimum absolute atomic E-state index is 0.0400. The molecule has 0 amide bonds. The molecule has 1 aliphatic heterocycles. The van der Waals surface area contributed by atoms with Gasteiger partial charge in [0.15, 0.2) is 0 Å². The molecule has 2 N–H and O–H groups in total. The van der Waals surface area contributed by atoms with E-state index in [0.29, 0.717) is 35.0 Å². The lowest BCUT2D eigenvalue weighted by Crippen LogP contribution is -2.21. The number of carbonyl (C=O) groups excluding carboxylic acids is 1. The summed E-state index contributed by atoms with van der Waals surface area (Å²) in [6.45, 7) is 6.08. The molecule has 0 saturated heterocycles. The number of ether oxygens (including phenoxy) is 3. The first-order valence-corrected chi connectivity index (χ1v) is 10.9. The Balaban J connectivity index is 1.59. The van der Waals surface area contributed by atoms with Crippen LogP contribution in [0.4, 0.5) is 0 Å². The molecule has 34 heavy (non-hydrogen) atoms. The molecule has 1 unspecified atom stereocenters. The molecule has 0 aliphatic carbocycles. The highest BCUT2D eigenvalue weighted by molar-refractivity contribution is 5.91. The van der Waals surface area contributed by atoms with Crippen LogP contribution in [0.25, 0.3) is 0 Å². The van der Waals surface area contributed by atoms with Crippen LogP contribution >= 0.6 is 0 Å². The Kier molecular flexibility index (Phi) is 6.65. The zero-order valence-corrected chi connectivity index (χ0v) is 18.8. The van der Waals surface area contributed by atoms with E-state index in [2.05, 4.69) is 19.6 Å². The van der Waals surface area contributed by atoms with Crippen molar-refractivity contribution in [3.8, 4) is 23.3 Å². The normalized spacial score (nSPS) is 14.4. The summed E-state index contributed by atoms with van der Waals surface area (Å²) in [6, 6.07) is 22.0. The summed E-state index contributed by atoms with van der Waals surface area (Å²) in [5, 5.41) is 9.74. The van der Waals surface area contributed by atoms with Crippen LogP contribution in [0.2, 0.25) is 0 Å². The van der Waals surface area contributed by atoms with E-state index in [1.807, 2.05) is 24.3 Å². The summed E-state index contributed by atoms with van der Waals surface area (Å²) in [7, 11) is 0. The zero-order chi connectivity index (χ0) is 24.1. The Hall–Kier alpha value is -4.50. The molecular weight excluding hydrogens is 428 g/mol. The van der Waals surface area contributed by atoms with Gasteiger partial charge in [0.1, 0.15) is 35.5 Å². The molecule has 3 aromatic carbocycles. The predicted molar refractivity (Wildman–Crippen MR) is 129 cm³/mol. The van der Waals surface area contributed by atoms with Crippen LogP contribution in [-0.4, -0.2) is 12.6 Å². The first-order chi connectivity index (χ1) is 16.5. The topological polar surface area (TPSA) is 94.6 Å². The van der Waals surface area contributed by atoms with Gasteiger partial charge in [0.2, 0.25) is 5.88 Å². The zero-order valence-electron chi connectivity index (χ0n) is 18.8. The Morgan fingerprint density at radius 2 is 1.82 bits per heavy atom. The minimum atomic E-state index is -0.515. The van der Waals surface area contributed by atoms with E-state index in [4.69, 9.17) is 19.9 Å². The van der Waals surface area contributed by atoms with Crippen molar-refractivity contribution in [2.24, 2.45) is 5.73 Å². The lowest BCUT2D eigenvalue weighted by Gasteiger charge is -2.26. The van der Waals surface area contributed by atoms with Gasteiger partial charge in [0.25, 0.3) is 0 Å². The molecule has 0 aromatic heterocycles. The van der Waals surface area contributed by atoms with E-state index in [0.717, 1.165) is 17.5 Å². The van der Waals surface area contributed by atoms with Gasteiger partial charge in [-0.2, -0.15) is 5.26 Å². The van der Waals surface area contributed by atoms with Crippen LogP contribution in [0.3, 0.4) is 0 Å². The quantitative estimate of drug-likeness (QED) is 0.299. The number of esters is 1. The Morgan fingerprint density at radius 3 is 2.47 bits per heavy atom. The third-order valence-electron chi connectivity index (χ3n) is 5.58. The summed E-state index contributed by atoms with van der Waals surface area (Å²) in [5.41, 5.74) is 9.73. The lowest BCUT2D eigenvalue weighted by atomic mass is 9.83. The second-order valence-electron chi connectivity index (χ2n) is 7.73. The van der Waals surface area contributed by atoms with Gasteiger partial charge in [-0.3, -0.25) is 0 Å². The molecule has 6 heteroatoms. The summed E-state index contributed by atoms with van der Waals surface area (Å²) in [4.78, 5) is 12.6. The standard InChI is InChI=1S/C28H24N2O4/c1-3-15-32-21-11-9-20(10-12-21)28(31)33-22-13-14-23-25(16-22)34-27(30)24(17-29)26(23)19-7-5-18(4-2)6-8-19/h3,5-14,16,26H,1,4,15,30H2,2H3. The van der Waals surface area contributed by atoms with Gasteiger partial charge >= 0.3 is 5.97 Å². The average molecular weight is 453 g/mol. The molecule has 3 aromatic rings. The van der Waals surface area contributed by atoms with Crippen LogP contribution < -0.4 is 19.9 Å². The number of rotatable bonds is 7. The number of aryl methyl sites for hydroxylation is 1. The highest BCUT2D eigenvalue weighted by Gasteiger charge is 2.31. The summed E-state index contributed by atoms with van der Waals surface area (Å²) >= 11 is 0. The third kappa shape index (κ3) is 4.64. The van der Waals surface area contributed by atoms with Crippen LogP contribution in [0.5, 0.6) is 17.2 Å². The van der Waals surface area contributed by atoms with Crippen LogP contribution in [0.15, 0.2) is 90.8 Å². The van der Waals surface area contributed by atoms with Crippen molar-refractivity contribution in [2.75, 3.05) is 6.61 Å². The van der Waals surface area contributed by atoms with Crippen molar-refractivity contribution in [2.45, 2.75) is 19.3 Å². The summed E-state index contributed by atoms with van der Waals surface area (Å²) in [5.74, 6) is 0.542. The largest absolute Gasteiger partial charge is 0.490 e. The molecule has 0 bridgehead atoms. The van der Waals surface area contributed by atoms with E-state index < -0.39 is 5.97 Å². The van der Waals surface area contributed by atoms with E-state index in [9.17, 15) is 10.1 Å². The molecule has 0 fully saturated rings. The highest BCUT2D eigenvalue weighted by Crippen LogP contribution is 2.43. The molecule has 0 radical (unpaired) electrons. The number of fused-ring (bicyclic) bond motifs is 1. The molecule has 6 nitrogen and oxygen atoms in total. The van der Waals surface area contributed by atoms with Gasteiger partial charge in [0, 0.05) is 11.6 Å². The van der Waals surface area contributed by atoms with E-state index in [1.165, 1.54) is 5.56 Å². The fourth-order valence-corrected chi connectivity index (χ4v) is 3.80. The fourth-order valence-electron chi connectivity index (χ4n) is 3.80. The van der Waals surface area contributed by atoms with E-state index in [1.54, 1.807) is 48.5 Å². The van der Waals surface area contributed by atoms with Crippen molar-refractivity contribution in [3.63, 3.8) is 0 Å². The van der Waals surface area contributed by atoms with Gasteiger partial charge in [-0.1, -0.05) is 49.9 Å². The Morgan fingerprint density at radius 1 is 1.12 bits per heavy atom. The highest BCUT2D eigenvalue weighted by atomic mass is 16.5. The number of hydrogen-bond donors (Lipinski definition) is 1. The van der Waals surface area contributed by atoms with Crippen molar-refractivity contribution in [1.29, 1.82) is 5.26 Å². The van der Waals surface area contributed by atoms with Crippen molar-refractivity contribution in [1.82, 2.24) is 0 Å². The summed E-state index contributed by atoms with van der Waals surface area (Å²) in [6.07, 6.45) is 2.57. The number of nitrogens with zero attached hydrogens (tertiary/aromatic N) is 1. The molecule has 170 valence electrons. The van der Waals surface area contributed by atoms with E-state index in [-0.39, 0.29) is 11.8 Å². The molecule has 1 aliphatic rings. The van der Waals surface area contributed by atoms with Crippen molar-refractivity contribution >= 4 is 5.97 Å². The molecule has 0 spiro atoms. The number of nitriles is 1. The SMILES string of the molecule is C=CCOc1ccc(C(=O)Oc2ccc3c(c2)OC(N)=C(C#N)C3c2ccc(CC)cc2)cc1. The number of hydrogen-bond acceptors (Lipinski definition) is 6. The Bertz CT molecular complexity index is 1290. The maximum absolute atomic E-state index is 12.6. The van der Waals surface area contributed by atoms with Crippen molar-refractivity contribution < 1.29 is 19.0 Å². The number of allylic oxidation sites excluding steroid dienone is 1. The van der Waals surface area contributed by atoms with Gasteiger partial charge in [-0.15, -0.1) is 0 Å². The van der Waals surface area contributed by atoms with Gasteiger partial charge in [-0.05, 0) is 47.9 Å².